The number of unbranched alkanes of at least 4 members (excludes halogenated alkanes) is 1. The molecule has 3 N–H and O–H groups in total. The third-order valence-electron chi connectivity index (χ3n) is 1.37. The molecule has 0 fully saturated rings. The molecule has 4 nitrogen and oxygen atoms in total. The van der Waals surface area contributed by atoms with E-state index in [9.17, 15) is 0 Å². The van der Waals surface area contributed by atoms with Gasteiger partial charge in [0.05, 0.1) is 0 Å². The third-order valence-corrected chi connectivity index (χ3v) is 1.57. The van der Waals surface area contributed by atoms with E-state index >= 15 is 0 Å². The number of aryl methyl sites for hydroxylation is 1. The molecule has 0 aliphatic carbocycles. The van der Waals surface area contributed by atoms with Crippen molar-refractivity contribution < 1.29 is 5.11 Å². The Morgan fingerprint density at radius 3 is 2.73 bits per heavy atom. The molecule has 0 saturated heterocycles. The first-order valence-corrected chi connectivity index (χ1v) is 3.98. The van der Waals surface area contributed by atoms with Crippen molar-refractivity contribution >= 4 is 12.2 Å². The van der Waals surface area contributed by atoms with Gasteiger partial charge in [0.2, 0.25) is 4.77 Å². The molecule has 1 aromatic rings. The lowest BCUT2D eigenvalue weighted by Gasteiger charge is -1.92. The van der Waals surface area contributed by atoms with E-state index in [2.05, 4.69) is 15.2 Å². The summed E-state index contributed by atoms with van der Waals surface area (Å²) in [6.45, 7) is 0.241. The highest BCUT2D eigenvalue weighted by molar-refractivity contribution is 7.71. The Kier molecular flexibility index (Phi) is 3.25. The lowest BCUT2D eigenvalue weighted by molar-refractivity contribution is 0.284. The van der Waals surface area contributed by atoms with Gasteiger partial charge in [0, 0.05) is 13.0 Å². The number of aromatic nitrogens is 3. The molecular weight excluding hydrogens is 162 g/mol. The Bertz CT molecular complexity index is 254. The van der Waals surface area contributed by atoms with E-state index in [1.165, 1.54) is 0 Å². The zero-order chi connectivity index (χ0) is 8.10. The molecule has 1 aromatic heterocycles. The van der Waals surface area contributed by atoms with Gasteiger partial charge in [-0.25, -0.2) is 4.98 Å². The van der Waals surface area contributed by atoms with E-state index in [0.29, 0.717) is 4.77 Å². The molecule has 0 aliphatic rings. The van der Waals surface area contributed by atoms with Crippen molar-refractivity contribution in [2.24, 2.45) is 0 Å². The maximum Gasteiger partial charge on any atom is 0.213 e. The number of aromatic amines is 2. The molecule has 1 heterocycles. The van der Waals surface area contributed by atoms with Crippen LogP contribution in [0.25, 0.3) is 0 Å². The summed E-state index contributed by atoms with van der Waals surface area (Å²) in [6.07, 6.45) is 2.59. The van der Waals surface area contributed by atoms with Gasteiger partial charge in [0.15, 0.2) is 0 Å². The summed E-state index contributed by atoms with van der Waals surface area (Å²) in [5, 5.41) is 14.0. The normalized spacial score (nSPS) is 10.3. The summed E-state index contributed by atoms with van der Waals surface area (Å²) >= 11 is 4.76. The highest BCUT2D eigenvalue weighted by Gasteiger charge is 1.94. The predicted molar refractivity (Wildman–Crippen MR) is 43.8 cm³/mol. The zero-order valence-electron chi connectivity index (χ0n) is 6.13. The Morgan fingerprint density at radius 1 is 1.36 bits per heavy atom. The van der Waals surface area contributed by atoms with Gasteiger partial charge in [-0.05, 0) is 25.1 Å². The summed E-state index contributed by atoms with van der Waals surface area (Å²) in [7, 11) is 0. The molecule has 0 spiro atoms. The number of nitrogens with zero attached hydrogens (tertiary/aromatic N) is 1. The van der Waals surface area contributed by atoms with E-state index < -0.39 is 0 Å². The van der Waals surface area contributed by atoms with Crippen LogP contribution in [0.5, 0.6) is 0 Å². The van der Waals surface area contributed by atoms with Crippen molar-refractivity contribution in [1.82, 2.24) is 15.2 Å². The van der Waals surface area contributed by atoms with Crippen LogP contribution in [0.2, 0.25) is 0 Å². The minimum atomic E-state index is 0.241. The zero-order valence-corrected chi connectivity index (χ0v) is 6.95. The number of rotatable bonds is 4. The van der Waals surface area contributed by atoms with Crippen molar-refractivity contribution in [1.29, 1.82) is 0 Å². The van der Waals surface area contributed by atoms with E-state index in [4.69, 9.17) is 17.3 Å². The van der Waals surface area contributed by atoms with Gasteiger partial charge in [-0.3, -0.25) is 10.2 Å². The van der Waals surface area contributed by atoms with Crippen LogP contribution in [-0.4, -0.2) is 26.9 Å². The summed E-state index contributed by atoms with van der Waals surface area (Å²) in [5.74, 6) is 0.864. The molecule has 11 heavy (non-hydrogen) atoms. The Hall–Kier alpha value is -0.680. The molecule has 0 amide bonds. The largest absolute Gasteiger partial charge is 0.396 e. The molecule has 0 aliphatic heterocycles. The first-order chi connectivity index (χ1) is 5.33. The topological polar surface area (TPSA) is 64.7 Å². The highest BCUT2D eigenvalue weighted by Crippen LogP contribution is 1.96. The lowest BCUT2D eigenvalue weighted by Crippen LogP contribution is -1.90. The quantitative estimate of drug-likeness (QED) is 0.465. The highest BCUT2D eigenvalue weighted by atomic mass is 32.1. The van der Waals surface area contributed by atoms with E-state index in [1.807, 2.05) is 0 Å². The van der Waals surface area contributed by atoms with Gasteiger partial charge in [0.25, 0.3) is 0 Å². The summed E-state index contributed by atoms with van der Waals surface area (Å²) < 4.78 is 0.490. The van der Waals surface area contributed by atoms with Gasteiger partial charge >= 0.3 is 0 Å². The van der Waals surface area contributed by atoms with Crippen LogP contribution in [-0.2, 0) is 6.42 Å². The summed E-state index contributed by atoms with van der Waals surface area (Å²) in [6, 6.07) is 0. The molecular formula is C6H11N3OS. The smallest absolute Gasteiger partial charge is 0.213 e. The molecule has 0 aromatic carbocycles. The minimum Gasteiger partial charge on any atom is -0.396 e. The van der Waals surface area contributed by atoms with Crippen molar-refractivity contribution in [2.45, 2.75) is 19.3 Å². The minimum absolute atomic E-state index is 0.241. The maximum absolute atomic E-state index is 8.49. The lowest BCUT2D eigenvalue weighted by atomic mass is 10.2. The number of aliphatic hydroxyl groups excluding tert-OH is 1. The van der Waals surface area contributed by atoms with Crippen LogP contribution in [0.1, 0.15) is 18.7 Å². The van der Waals surface area contributed by atoms with Crippen molar-refractivity contribution in [3.63, 3.8) is 0 Å². The van der Waals surface area contributed by atoms with Gasteiger partial charge in [-0.1, -0.05) is 0 Å². The Labute approximate surface area is 69.7 Å². The van der Waals surface area contributed by atoms with Crippen molar-refractivity contribution in [3.05, 3.63) is 10.6 Å². The van der Waals surface area contributed by atoms with Crippen molar-refractivity contribution in [3.8, 4) is 0 Å². The fraction of sp³-hybridized carbons (Fsp3) is 0.667. The number of nitrogens with one attached hydrogen (secondary N) is 2. The Morgan fingerprint density at radius 2 is 2.18 bits per heavy atom. The van der Waals surface area contributed by atoms with Gasteiger partial charge < -0.3 is 5.11 Å². The summed E-state index contributed by atoms with van der Waals surface area (Å²) in [4.78, 5) is 4.00. The fourth-order valence-electron chi connectivity index (χ4n) is 0.827. The number of hydrogen-bond acceptors (Lipinski definition) is 3. The molecule has 5 heteroatoms. The van der Waals surface area contributed by atoms with Gasteiger partial charge in [-0.15, -0.1) is 0 Å². The maximum atomic E-state index is 8.49. The molecule has 0 unspecified atom stereocenters. The molecule has 0 saturated carbocycles. The Balaban J connectivity index is 2.33. The average molecular weight is 173 g/mol. The van der Waals surface area contributed by atoms with E-state index in [1.54, 1.807) is 0 Å². The van der Waals surface area contributed by atoms with E-state index in [-0.39, 0.29) is 6.61 Å². The first-order valence-electron chi connectivity index (χ1n) is 3.57. The van der Waals surface area contributed by atoms with Crippen LogP contribution in [0.3, 0.4) is 0 Å². The van der Waals surface area contributed by atoms with Crippen LogP contribution in [0.4, 0.5) is 0 Å². The second kappa shape index (κ2) is 4.25. The number of hydrogen-bond donors (Lipinski definition) is 3. The monoisotopic (exact) mass is 173 g/mol. The number of H-pyrrole nitrogens is 2. The molecule has 62 valence electrons. The molecule has 0 bridgehead atoms. The van der Waals surface area contributed by atoms with Crippen LogP contribution >= 0.6 is 12.2 Å². The predicted octanol–water partition coefficient (Wildman–Crippen LogP) is 0.782. The molecule has 1 rings (SSSR count). The SMILES string of the molecule is OCCCCc1nc(=S)[nH][nH]1. The van der Waals surface area contributed by atoms with Crippen LogP contribution < -0.4 is 0 Å². The standard InChI is InChI=1S/C6H11N3OS/c10-4-2-1-3-5-7-6(11)9-8-5/h10H,1-4H2,(H2,7,8,9,11). The van der Waals surface area contributed by atoms with Crippen LogP contribution in [0, 0.1) is 4.77 Å². The third kappa shape index (κ3) is 2.81. The second-order valence-electron chi connectivity index (χ2n) is 2.29. The summed E-state index contributed by atoms with van der Waals surface area (Å²) in [5.41, 5.74) is 0. The van der Waals surface area contributed by atoms with E-state index in [0.717, 1.165) is 25.1 Å². The van der Waals surface area contributed by atoms with Crippen molar-refractivity contribution in [2.75, 3.05) is 6.61 Å². The average Bonchev–Trinajstić information content (AvgIpc) is 2.37. The fourth-order valence-corrected chi connectivity index (χ4v) is 0.988. The second-order valence-corrected chi connectivity index (χ2v) is 2.68. The molecule has 0 radical (unpaired) electrons. The first kappa shape index (κ1) is 8.42. The number of aliphatic hydroxyl groups is 1. The van der Waals surface area contributed by atoms with Crippen LogP contribution in [0.15, 0.2) is 0 Å². The molecule has 0 atom stereocenters. The van der Waals surface area contributed by atoms with Gasteiger partial charge in [0.1, 0.15) is 5.82 Å². The van der Waals surface area contributed by atoms with Gasteiger partial charge in [-0.2, -0.15) is 0 Å².